The Bertz CT molecular complexity index is 764. The van der Waals surface area contributed by atoms with Crippen molar-refractivity contribution >= 4 is 23.5 Å². The van der Waals surface area contributed by atoms with Crippen molar-refractivity contribution in [3.05, 3.63) is 64.7 Å². The first-order valence-electron chi connectivity index (χ1n) is 8.05. The standard InChI is InChI=1S/C20H20O3S/c1-13-10-16(24-12-14-8-9-14)11-17(20(22)23-2)18(13)19(21)15-6-4-3-5-7-15/h3-7,10-11,14H,8-9,12H2,1-2H3. The minimum Gasteiger partial charge on any atom is -0.465 e. The molecule has 1 aliphatic carbocycles. The highest BCUT2D eigenvalue weighted by Crippen LogP contribution is 2.36. The smallest absolute Gasteiger partial charge is 0.338 e. The van der Waals surface area contributed by atoms with Crippen LogP contribution in [0.1, 0.15) is 44.7 Å². The van der Waals surface area contributed by atoms with Gasteiger partial charge in [0.25, 0.3) is 0 Å². The van der Waals surface area contributed by atoms with Crippen LogP contribution in [0.4, 0.5) is 0 Å². The molecule has 2 aromatic rings. The summed E-state index contributed by atoms with van der Waals surface area (Å²) in [5.41, 5.74) is 2.17. The van der Waals surface area contributed by atoms with E-state index in [9.17, 15) is 9.59 Å². The van der Waals surface area contributed by atoms with E-state index in [0.717, 1.165) is 22.1 Å². The maximum Gasteiger partial charge on any atom is 0.338 e. The molecule has 2 aromatic carbocycles. The molecule has 0 radical (unpaired) electrons. The van der Waals surface area contributed by atoms with Crippen LogP contribution in [0, 0.1) is 12.8 Å². The highest BCUT2D eigenvalue weighted by Gasteiger charge is 2.24. The quantitative estimate of drug-likeness (QED) is 0.441. The van der Waals surface area contributed by atoms with E-state index < -0.39 is 5.97 Å². The second-order valence-corrected chi connectivity index (χ2v) is 7.20. The van der Waals surface area contributed by atoms with E-state index in [4.69, 9.17) is 4.74 Å². The second-order valence-electron chi connectivity index (χ2n) is 6.10. The molecule has 3 nitrogen and oxygen atoms in total. The Hall–Kier alpha value is -2.07. The molecule has 0 aromatic heterocycles. The number of hydrogen-bond acceptors (Lipinski definition) is 4. The average Bonchev–Trinajstić information content (AvgIpc) is 3.43. The number of methoxy groups -OCH3 is 1. The first kappa shape index (κ1) is 16.8. The van der Waals surface area contributed by atoms with Crippen molar-refractivity contribution in [1.29, 1.82) is 0 Å². The molecule has 1 aliphatic rings. The van der Waals surface area contributed by atoms with Gasteiger partial charge in [-0.25, -0.2) is 4.79 Å². The Morgan fingerprint density at radius 1 is 1.17 bits per heavy atom. The highest BCUT2D eigenvalue weighted by atomic mass is 32.2. The zero-order chi connectivity index (χ0) is 17.1. The van der Waals surface area contributed by atoms with Crippen molar-refractivity contribution in [3.63, 3.8) is 0 Å². The van der Waals surface area contributed by atoms with Gasteiger partial charge in [0.05, 0.1) is 12.7 Å². The summed E-state index contributed by atoms with van der Waals surface area (Å²) in [6.45, 7) is 1.88. The van der Waals surface area contributed by atoms with Crippen molar-refractivity contribution < 1.29 is 14.3 Å². The van der Waals surface area contributed by atoms with Crippen molar-refractivity contribution in [2.45, 2.75) is 24.7 Å². The summed E-state index contributed by atoms with van der Waals surface area (Å²) in [4.78, 5) is 26.1. The number of rotatable bonds is 6. The van der Waals surface area contributed by atoms with Gasteiger partial charge in [-0.1, -0.05) is 30.3 Å². The normalized spacial score (nSPS) is 13.6. The van der Waals surface area contributed by atoms with Gasteiger partial charge in [-0.05, 0) is 43.4 Å². The molecule has 0 aliphatic heterocycles. The summed E-state index contributed by atoms with van der Waals surface area (Å²) in [6.07, 6.45) is 2.58. The second kappa shape index (κ2) is 7.22. The van der Waals surface area contributed by atoms with Gasteiger partial charge >= 0.3 is 5.97 Å². The van der Waals surface area contributed by atoms with E-state index in [1.807, 2.05) is 31.2 Å². The molecule has 0 heterocycles. The fourth-order valence-corrected chi connectivity index (χ4v) is 3.86. The molecule has 0 bridgehead atoms. The number of carbonyl (C=O) groups is 2. The van der Waals surface area contributed by atoms with Crippen molar-refractivity contribution in [2.75, 3.05) is 12.9 Å². The van der Waals surface area contributed by atoms with E-state index >= 15 is 0 Å². The zero-order valence-corrected chi connectivity index (χ0v) is 14.7. The van der Waals surface area contributed by atoms with Gasteiger partial charge in [0.1, 0.15) is 0 Å². The molecule has 3 rings (SSSR count). The molecule has 0 saturated heterocycles. The van der Waals surface area contributed by atoms with E-state index in [2.05, 4.69) is 0 Å². The molecule has 0 unspecified atom stereocenters. The van der Waals surface area contributed by atoms with Crippen LogP contribution in [-0.4, -0.2) is 24.6 Å². The van der Waals surface area contributed by atoms with Crippen LogP contribution in [0.2, 0.25) is 0 Å². The number of esters is 1. The molecule has 0 N–H and O–H groups in total. The molecule has 0 atom stereocenters. The zero-order valence-electron chi connectivity index (χ0n) is 13.9. The van der Waals surface area contributed by atoms with E-state index in [1.165, 1.54) is 20.0 Å². The number of aryl methyl sites for hydroxylation is 1. The lowest BCUT2D eigenvalue weighted by atomic mass is 9.94. The minimum absolute atomic E-state index is 0.146. The maximum atomic E-state index is 12.9. The number of thioether (sulfide) groups is 1. The summed E-state index contributed by atoms with van der Waals surface area (Å²) in [5.74, 6) is 1.24. The lowest BCUT2D eigenvalue weighted by molar-refractivity contribution is 0.0597. The maximum absolute atomic E-state index is 12.9. The van der Waals surface area contributed by atoms with Gasteiger partial charge in [0.2, 0.25) is 0 Å². The van der Waals surface area contributed by atoms with Crippen LogP contribution in [0.5, 0.6) is 0 Å². The number of ether oxygens (including phenoxy) is 1. The summed E-state index contributed by atoms with van der Waals surface area (Å²) in [5, 5.41) is 0. The van der Waals surface area contributed by atoms with E-state index in [1.54, 1.807) is 30.0 Å². The fraction of sp³-hybridized carbons (Fsp3) is 0.300. The predicted molar refractivity (Wildman–Crippen MR) is 95.8 cm³/mol. The van der Waals surface area contributed by atoms with Crippen molar-refractivity contribution in [2.24, 2.45) is 5.92 Å². The number of ketones is 1. The summed E-state index contributed by atoms with van der Waals surface area (Å²) in [7, 11) is 1.35. The van der Waals surface area contributed by atoms with Crippen molar-refractivity contribution in [1.82, 2.24) is 0 Å². The molecular formula is C20H20O3S. The van der Waals surface area contributed by atoms with Crippen LogP contribution in [-0.2, 0) is 4.74 Å². The van der Waals surface area contributed by atoms with E-state index in [-0.39, 0.29) is 5.78 Å². The van der Waals surface area contributed by atoms with Gasteiger partial charge in [-0.15, -0.1) is 11.8 Å². The van der Waals surface area contributed by atoms with Gasteiger partial charge in [0, 0.05) is 21.8 Å². The van der Waals surface area contributed by atoms with Crippen LogP contribution in [0.25, 0.3) is 0 Å². The Labute approximate surface area is 146 Å². The topological polar surface area (TPSA) is 43.4 Å². The Morgan fingerprint density at radius 3 is 2.50 bits per heavy atom. The number of hydrogen-bond donors (Lipinski definition) is 0. The average molecular weight is 340 g/mol. The summed E-state index contributed by atoms with van der Waals surface area (Å²) in [6, 6.07) is 12.8. The monoisotopic (exact) mass is 340 g/mol. The molecule has 0 spiro atoms. The fourth-order valence-electron chi connectivity index (χ4n) is 2.64. The number of benzene rings is 2. The van der Waals surface area contributed by atoms with Gasteiger partial charge in [-0.2, -0.15) is 0 Å². The third-order valence-corrected chi connectivity index (χ3v) is 5.37. The molecular weight excluding hydrogens is 320 g/mol. The largest absolute Gasteiger partial charge is 0.465 e. The SMILES string of the molecule is COC(=O)c1cc(SCC2CC2)cc(C)c1C(=O)c1ccccc1. The summed E-state index contributed by atoms with van der Waals surface area (Å²) >= 11 is 1.74. The molecule has 1 saturated carbocycles. The Balaban J connectivity index is 1.99. The first-order valence-corrected chi connectivity index (χ1v) is 9.04. The molecule has 124 valence electrons. The third-order valence-electron chi connectivity index (χ3n) is 4.16. The lowest BCUT2D eigenvalue weighted by Gasteiger charge is -2.13. The first-order chi connectivity index (χ1) is 11.6. The van der Waals surface area contributed by atoms with Gasteiger partial charge < -0.3 is 4.74 Å². The Kier molecular flexibility index (Phi) is 5.05. The third kappa shape index (κ3) is 3.70. The molecule has 1 fully saturated rings. The van der Waals surface area contributed by atoms with E-state index in [0.29, 0.717) is 16.7 Å². The molecule has 0 amide bonds. The Morgan fingerprint density at radius 2 is 1.88 bits per heavy atom. The van der Waals surface area contributed by atoms with Crippen LogP contribution in [0.3, 0.4) is 0 Å². The van der Waals surface area contributed by atoms with Crippen LogP contribution >= 0.6 is 11.8 Å². The molecule has 24 heavy (non-hydrogen) atoms. The summed E-state index contributed by atoms with van der Waals surface area (Å²) < 4.78 is 4.91. The lowest BCUT2D eigenvalue weighted by Crippen LogP contribution is -2.13. The van der Waals surface area contributed by atoms with Crippen LogP contribution in [0.15, 0.2) is 47.4 Å². The van der Waals surface area contributed by atoms with Crippen molar-refractivity contribution in [3.8, 4) is 0 Å². The number of carbonyl (C=O) groups excluding carboxylic acids is 2. The molecule has 4 heteroatoms. The highest BCUT2D eigenvalue weighted by molar-refractivity contribution is 7.99. The minimum atomic E-state index is -0.466. The van der Waals surface area contributed by atoms with Gasteiger partial charge in [-0.3, -0.25) is 4.79 Å². The predicted octanol–water partition coefficient (Wildman–Crippen LogP) is 4.51. The van der Waals surface area contributed by atoms with Gasteiger partial charge in [0.15, 0.2) is 5.78 Å². The van der Waals surface area contributed by atoms with Crippen LogP contribution < -0.4 is 0 Å².